The molecule has 134 valence electrons. The fourth-order valence-electron chi connectivity index (χ4n) is 3.20. The fourth-order valence-corrected chi connectivity index (χ4v) is 3.48. The number of nitrogens with one attached hydrogen (secondary N) is 2. The van der Waals surface area contributed by atoms with Crippen LogP contribution in [0.2, 0.25) is 0 Å². The van der Waals surface area contributed by atoms with Crippen LogP contribution in [-0.4, -0.2) is 61.1 Å². The molecule has 24 heavy (non-hydrogen) atoms. The quantitative estimate of drug-likeness (QED) is 0.428. The molecule has 5 nitrogen and oxygen atoms in total. The van der Waals surface area contributed by atoms with Crippen molar-refractivity contribution in [3.05, 3.63) is 24.2 Å². The first-order chi connectivity index (χ1) is 11.8. The Morgan fingerprint density at radius 1 is 1.33 bits per heavy atom. The van der Waals surface area contributed by atoms with E-state index in [1.165, 1.54) is 38.8 Å². The van der Waals surface area contributed by atoms with Crippen LogP contribution in [0.25, 0.3) is 0 Å². The number of piperidine rings is 1. The second-order valence-electron chi connectivity index (χ2n) is 6.67. The minimum Gasteiger partial charge on any atom is -0.469 e. The van der Waals surface area contributed by atoms with Gasteiger partial charge >= 0.3 is 0 Å². The van der Waals surface area contributed by atoms with Crippen molar-refractivity contribution in [2.24, 2.45) is 4.99 Å². The Hall–Kier alpha value is -1.14. The molecule has 0 unspecified atom stereocenters. The molecule has 0 radical (unpaired) electrons. The largest absolute Gasteiger partial charge is 0.469 e. The van der Waals surface area contributed by atoms with Gasteiger partial charge in [-0.15, -0.1) is 0 Å². The van der Waals surface area contributed by atoms with Crippen molar-refractivity contribution < 1.29 is 4.42 Å². The molecule has 0 atom stereocenters. The molecule has 1 aromatic rings. The van der Waals surface area contributed by atoms with Crippen molar-refractivity contribution in [3.63, 3.8) is 0 Å². The van der Waals surface area contributed by atoms with Gasteiger partial charge in [-0.05, 0) is 44.1 Å². The highest BCUT2D eigenvalue weighted by Gasteiger charge is 2.31. The Morgan fingerprint density at radius 2 is 2.17 bits per heavy atom. The summed E-state index contributed by atoms with van der Waals surface area (Å²) >= 11 is 1.84. The van der Waals surface area contributed by atoms with Crippen LogP contribution in [0.5, 0.6) is 0 Å². The van der Waals surface area contributed by atoms with Crippen molar-refractivity contribution >= 4 is 17.7 Å². The number of likely N-dealkylation sites (tertiary alicyclic amines) is 1. The predicted molar refractivity (Wildman–Crippen MR) is 102 cm³/mol. The van der Waals surface area contributed by atoms with E-state index in [0.717, 1.165) is 43.0 Å². The normalized spacial score (nSPS) is 20.3. The van der Waals surface area contributed by atoms with Crippen LogP contribution in [-0.2, 0) is 6.42 Å². The minimum absolute atomic E-state index is 0.546. The molecule has 0 amide bonds. The molecule has 0 spiro atoms. The van der Waals surface area contributed by atoms with Gasteiger partial charge in [0.2, 0.25) is 0 Å². The van der Waals surface area contributed by atoms with Crippen LogP contribution in [0, 0.1) is 0 Å². The van der Waals surface area contributed by atoms with Crippen LogP contribution in [0.1, 0.15) is 31.4 Å². The van der Waals surface area contributed by atoms with E-state index in [-0.39, 0.29) is 0 Å². The molecule has 0 bridgehead atoms. The van der Waals surface area contributed by atoms with E-state index in [4.69, 9.17) is 9.41 Å². The molecule has 6 heteroatoms. The van der Waals surface area contributed by atoms with Crippen LogP contribution >= 0.6 is 11.8 Å². The van der Waals surface area contributed by atoms with E-state index in [2.05, 4.69) is 21.8 Å². The van der Waals surface area contributed by atoms with E-state index in [1.807, 2.05) is 23.9 Å². The maximum absolute atomic E-state index is 5.39. The summed E-state index contributed by atoms with van der Waals surface area (Å²) < 4.78 is 5.39. The van der Waals surface area contributed by atoms with Gasteiger partial charge in [-0.1, -0.05) is 0 Å². The molecule has 2 heterocycles. The molecule has 1 aliphatic heterocycles. The van der Waals surface area contributed by atoms with Gasteiger partial charge in [0.1, 0.15) is 5.76 Å². The maximum atomic E-state index is 5.39. The Kier molecular flexibility index (Phi) is 6.90. The number of hydrogen-bond acceptors (Lipinski definition) is 4. The molecular formula is C18H30N4OS. The van der Waals surface area contributed by atoms with Gasteiger partial charge in [-0.3, -0.25) is 4.99 Å². The average molecular weight is 351 g/mol. The summed E-state index contributed by atoms with van der Waals surface area (Å²) in [4.78, 5) is 7.38. The number of rotatable bonds is 8. The molecule has 1 saturated heterocycles. The fraction of sp³-hybridized carbons (Fsp3) is 0.722. The van der Waals surface area contributed by atoms with Gasteiger partial charge in [-0.25, -0.2) is 0 Å². The molecule has 1 saturated carbocycles. The van der Waals surface area contributed by atoms with Crippen molar-refractivity contribution in [1.82, 2.24) is 15.5 Å². The lowest BCUT2D eigenvalue weighted by Crippen LogP contribution is -2.49. The maximum Gasteiger partial charge on any atom is 0.191 e. The van der Waals surface area contributed by atoms with E-state index in [0.29, 0.717) is 6.04 Å². The molecule has 1 aromatic heterocycles. The highest BCUT2D eigenvalue weighted by atomic mass is 32.2. The number of thioether (sulfide) groups is 1. The third-order valence-electron chi connectivity index (χ3n) is 4.74. The molecule has 2 N–H and O–H groups in total. The summed E-state index contributed by atoms with van der Waals surface area (Å²) in [6.45, 7) is 4.16. The summed E-state index contributed by atoms with van der Waals surface area (Å²) in [5, 5.41) is 7.11. The van der Waals surface area contributed by atoms with Gasteiger partial charge < -0.3 is 20.0 Å². The lowest BCUT2D eigenvalue weighted by atomic mass is 10.1. The Balaban J connectivity index is 1.43. The van der Waals surface area contributed by atoms with Gasteiger partial charge in [0.25, 0.3) is 0 Å². The SMILES string of the molecule is CSCCN=C(NCCc1ccco1)NC1CCN(C2CC2)CC1. The van der Waals surface area contributed by atoms with Gasteiger partial charge in [0.15, 0.2) is 5.96 Å². The molecule has 2 aliphatic rings. The van der Waals surface area contributed by atoms with Crippen LogP contribution in [0.3, 0.4) is 0 Å². The number of aliphatic imine (C=N–C) groups is 1. The van der Waals surface area contributed by atoms with Gasteiger partial charge in [0.05, 0.1) is 12.8 Å². The minimum atomic E-state index is 0.546. The van der Waals surface area contributed by atoms with E-state index in [9.17, 15) is 0 Å². The van der Waals surface area contributed by atoms with Crippen LogP contribution < -0.4 is 10.6 Å². The van der Waals surface area contributed by atoms with Crippen molar-refractivity contribution in [2.75, 3.05) is 38.2 Å². The Bertz CT molecular complexity index is 493. The van der Waals surface area contributed by atoms with Gasteiger partial charge in [0, 0.05) is 43.9 Å². The Morgan fingerprint density at radius 3 is 2.83 bits per heavy atom. The first kappa shape index (κ1) is 17.7. The third kappa shape index (κ3) is 5.74. The molecule has 3 rings (SSSR count). The van der Waals surface area contributed by atoms with Crippen molar-refractivity contribution in [1.29, 1.82) is 0 Å². The zero-order valence-electron chi connectivity index (χ0n) is 14.7. The molecule has 0 aromatic carbocycles. The number of hydrogen-bond donors (Lipinski definition) is 2. The second kappa shape index (κ2) is 9.37. The molecular weight excluding hydrogens is 320 g/mol. The summed E-state index contributed by atoms with van der Waals surface area (Å²) in [5.74, 6) is 3.04. The van der Waals surface area contributed by atoms with E-state index < -0.39 is 0 Å². The number of guanidine groups is 1. The lowest BCUT2D eigenvalue weighted by molar-refractivity contribution is 0.197. The van der Waals surface area contributed by atoms with Crippen molar-refractivity contribution in [3.8, 4) is 0 Å². The highest BCUT2D eigenvalue weighted by molar-refractivity contribution is 7.98. The number of furan rings is 1. The summed E-state index contributed by atoms with van der Waals surface area (Å²) in [7, 11) is 0. The smallest absolute Gasteiger partial charge is 0.191 e. The highest BCUT2D eigenvalue weighted by Crippen LogP contribution is 2.29. The van der Waals surface area contributed by atoms with E-state index >= 15 is 0 Å². The van der Waals surface area contributed by atoms with Gasteiger partial charge in [-0.2, -0.15) is 11.8 Å². The second-order valence-corrected chi connectivity index (χ2v) is 7.65. The first-order valence-corrected chi connectivity index (χ1v) is 10.5. The molecule has 1 aliphatic carbocycles. The summed E-state index contributed by atoms with van der Waals surface area (Å²) in [6, 6.07) is 5.40. The van der Waals surface area contributed by atoms with Crippen LogP contribution in [0.4, 0.5) is 0 Å². The first-order valence-electron chi connectivity index (χ1n) is 9.15. The standard InChI is InChI=1S/C18H30N4OS/c1-24-14-10-20-18(19-9-6-17-3-2-13-23-17)21-15-7-11-22(12-8-15)16-4-5-16/h2-3,13,15-16H,4-12,14H2,1H3,(H2,19,20,21). The van der Waals surface area contributed by atoms with E-state index in [1.54, 1.807) is 6.26 Å². The van der Waals surface area contributed by atoms with Crippen LogP contribution in [0.15, 0.2) is 27.8 Å². The third-order valence-corrected chi connectivity index (χ3v) is 5.33. The summed E-state index contributed by atoms with van der Waals surface area (Å²) in [5.41, 5.74) is 0. The monoisotopic (exact) mass is 350 g/mol. The average Bonchev–Trinajstić information content (AvgIpc) is 3.32. The molecule has 2 fully saturated rings. The summed E-state index contributed by atoms with van der Waals surface area (Å²) in [6.07, 6.45) is 10.0. The number of nitrogens with zero attached hydrogens (tertiary/aromatic N) is 2. The Labute approximate surface area is 149 Å². The zero-order chi connectivity index (χ0) is 16.6. The zero-order valence-corrected chi connectivity index (χ0v) is 15.5. The van der Waals surface area contributed by atoms with Crippen molar-refractivity contribution in [2.45, 2.75) is 44.2 Å². The lowest BCUT2D eigenvalue weighted by Gasteiger charge is -2.33. The topological polar surface area (TPSA) is 52.8 Å². The predicted octanol–water partition coefficient (Wildman–Crippen LogP) is 2.35.